The zero-order chi connectivity index (χ0) is 30.2. The Hall–Kier alpha value is -5.08. The van der Waals surface area contributed by atoms with E-state index in [2.05, 4.69) is 10.6 Å². The van der Waals surface area contributed by atoms with Gasteiger partial charge in [-0.3, -0.25) is 14.4 Å². The summed E-state index contributed by atoms with van der Waals surface area (Å²) < 4.78 is 13.5. The molecule has 2 heterocycles. The minimum absolute atomic E-state index is 0.0258. The van der Waals surface area contributed by atoms with Gasteiger partial charge in [0.1, 0.15) is 5.82 Å². The molecule has 0 bridgehead atoms. The number of fused-ring (bicyclic) bond motifs is 3. The van der Waals surface area contributed by atoms with Crippen LogP contribution in [0.15, 0.2) is 103 Å². The fraction of sp³-hybridized carbons (Fsp3) is 0.139. The molecule has 0 unspecified atom stereocenters. The molecular formula is C36H28FN3O3S. The van der Waals surface area contributed by atoms with Crippen LogP contribution in [0.25, 0.3) is 21.6 Å². The van der Waals surface area contributed by atoms with Crippen molar-refractivity contribution in [3.63, 3.8) is 0 Å². The first-order chi connectivity index (χ1) is 21.4. The van der Waals surface area contributed by atoms with E-state index in [1.807, 2.05) is 42.5 Å². The lowest BCUT2D eigenvalue weighted by Crippen LogP contribution is -2.32. The van der Waals surface area contributed by atoms with E-state index in [9.17, 15) is 18.8 Å². The normalized spacial score (nSPS) is 13.8. The van der Waals surface area contributed by atoms with Crippen LogP contribution in [0.1, 0.15) is 48.8 Å². The van der Waals surface area contributed by atoms with Gasteiger partial charge in [-0.25, -0.2) is 4.39 Å². The zero-order valence-electron chi connectivity index (χ0n) is 23.7. The summed E-state index contributed by atoms with van der Waals surface area (Å²) in [5.41, 5.74) is 5.76. The maximum absolute atomic E-state index is 13.8. The summed E-state index contributed by atoms with van der Waals surface area (Å²) in [4.78, 5) is 43.3. The van der Waals surface area contributed by atoms with Crippen LogP contribution < -0.4 is 15.5 Å². The van der Waals surface area contributed by atoms with Crippen molar-refractivity contribution in [3.8, 4) is 21.6 Å². The molecule has 0 atom stereocenters. The second kappa shape index (κ2) is 11.5. The molecule has 4 aromatic carbocycles. The lowest BCUT2D eigenvalue weighted by molar-refractivity contribution is 0.0952. The monoisotopic (exact) mass is 601 g/mol. The minimum Gasteiger partial charge on any atom is -0.349 e. The topological polar surface area (TPSA) is 78.5 Å². The number of benzene rings is 4. The predicted molar refractivity (Wildman–Crippen MR) is 172 cm³/mol. The molecule has 1 aliphatic heterocycles. The van der Waals surface area contributed by atoms with E-state index in [0.29, 0.717) is 46.3 Å². The number of nitrogens with one attached hydrogen (secondary N) is 2. The van der Waals surface area contributed by atoms with Crippen molar-refractivity contribution in [2.45, 2.75) is 25.3 Å². The Morgan fingerprint density at radius 1 is 0.795 bits per heavy atom. The third kappa shape index (κ3) is 5.52. The fourth-order valence-electron chi connectivity index (χ4n) is 5.52. The van der Waals surface area contributed by atoms with Gasteiger partial charge in [0, 0.05) is 39.8 Å². The summed E-state index contributed by atoms with van der Waals surface area (Å²) in [6.07, 6.45) is 2.70. The second-order valence-electron chi connectivity index (χ2n) is 11.0. The molecule has 0 saturated heterocycles. The zero-order valence-corrected chi connectivity index (χ0v) is 24.5. The molecule has 0 spiro atoms. The summed E-state index contributed by atoms with van der Waals surface area (Å²) in [5.74, 6) is -0.810. The number of para-hydroxylation sites is 1. The number of hydrogen-bond donors (Lipinski definition) is 2. The minimum atomic E-state index is -0.340. The molecule has 7 rings (SSSR count). The highest BCUT2D eigenvalue weighted by Gasteiger charge is 2.29. The molecule has 6 nitrogen and oxygen atoms in total. The quantitative estimate of drug-likeness (QED) is 0.211. The molecule has 1 aliphatic carbocycles. The molecule has 1 saturated carbocycles. The van der Waals surface area contributed by atoms with Gasteiger partial charge < -0.3 is 15.5 Å². The van der Waals surface area contributed by atoms with Crippen molar-refractivity contribution in [2.75, 3.05) is 16.8 Å². The highest BCUT2D eigenvalue weighted by Crippen LogP contribution is 2.42. The summed E-state index contributed by atoms with van der Waals surface area (Å²) in [7, 11) is 0. The molecule has 0 radical (unpaired) electrons. The number of nitrogens with zero attached hydrogens (tertiary/aromatic N) is 1. The van der Waals surface area contributed by atoms with Crippen LogP contribution in [-0.4, -0.2) is 30.3 Å². The predicted octanol–water partition coefficient (Wildman–Crippen LogP) is 7.57. The van der Waals surface area contributed by atoms with Gasteiger partial charge in [-0.2, -0.15) is 0 Å². The van der Waals surface area contributed by atoms with E-state index < -0.39 is 0 Å². The smallest absolute Gasteiger partial charge is 0.261 e. The summed E-state index contributed by atoms with van der Waals surface area (Å²) >= 11 is 1.48. The number of carbonyl (C=O) groups excluding carboxylic acids is 3. The molecule has 5 aromatic rings. The standard InChI is InChI=1S/C36H28FN3O3S/c37-25-13-9-22(10-14-25)28-5-1-2-6-29(28)34(41)38-26-15-11-23(12-16-26)36(43)40-20-19-24-21-32(35(42)39-27-17-18-27)44-33(24)30-7-3-4-8-31(30)40/h1-16,21,27H,17-20H2,(H,38,41)(H,39,42). The van der Waals surface area contributed by atoms with E-state index in [-0.39, 0.29) is 23.5 Å². The van der Waals surface area contributed by atoms with Crippen LogP contribution in [0.2, 0.25) is 0 Å². The van der Waals surface area contributed by atoms with Gasteiger partial charge in [0.15, 0.2) is 0 Å². The van der Waals surface area contributed by atoms with E-state index in [1.54, 1.807) is 53.4 Å². The van der Waals surface area contributed by atoms with E-state index in [0.717, 1.165) is 40.1 Å². The van der Waals surface area contributed by atoms with Gasteiger partial charge in [0.25, 0.3) is 17.7 Å². The lowest BCUT2D eigenvalue weighted by Gasteiger charge is -2.23. The Kier molecular flexibility index (Phi) is 7.28. The van der Waals surface area contributed by atoms with Crippen molar-refractivity contribution in [3.05, 3.63) is 131 Å². The average molecular weight is 602 g/mol. The number of anilines is 2. The van der Waals surface area contributed by atoms with Crippen molar-refractivity contribution < 1.29 is 18.8 Å². The first kappa shape index (κ1) is 27.7. The van der Waals surface area contributed by atoms with Gasteiger partial charge in [-0.05, 0) is 90.6 Å². The molecule has 44 heavy (non-hydrogen) atoms. The van der Waals surface area contributed by atoms with Crippen LogP contribution in [-0.2, 0) is 6.42 Å². The van der Waals surface area contributed by atoms with Crippen molar-refractivity contribution in [1.82, 2.24) is 5.32 Å². The fourth-order valence-corrected chi connectivity index (χ4v) is 6.66. The van der Waals surface area contributed by atoms with Gasteiger partial charge in [-0.1, -0.05) is 48.5 Å². The Morgan fingerprint density at radius 3 is 2.25 bits per heavy atom. The van der Waals surface area contributed by atoms with Crippen LogP contribution in [0.5, 0.6) is 0 Å². The van der Waals surface area contributed by atoms with Crippen LogP contribution in [0.4, 0.5) is 15.8 Å². The second-order valence-corrected chi connectivity index (χ2v) is 12.1. The Morgan fingerprint density at radius 2 is 1.50 bits per heavy atom. The van der Waals surface area contributed by atoms with Crippen LogP contribution in [0.3, 0.4) is 0 Å². The first-order valence-electron chi connectivity index (χ1n) is 14.6. The molecule has 1 aromatic heterocycles. The first-order valence-corrected chi connectivity index (χ1v) is 15.4. The summed E-state index contributed by atoms with van der Waals surface area (Å²) in [6.45, 7) is 0.474. The van der Waals surface area contributed by atoms with Crippen LogP contribution in [0, 0.1) is 5.82 Å². The highest BCUT2D eigenvalue weighted by molar-refractivity contribution is 7.17. The molecule has 3 amide bonds. The number of halogens is 1. The molecule has 8 heteroatoms. The van der Waals surface area contributed by atoms with Gasteiger partial charge in [0.2, 0.25) is 0 Å². The maximum atomic E-state index is 13.8. The van der Waals surface area contributed by atoms with Crippen molar-refractivity contribution >= 4 is 40.4 Å². The lowest BCUT2D eigenvalue weighted by atomic mass is 9.99. The number of amides is 3. The number of thiophene rings is 1. The SMILES string of the molecule is O=C(NC1CC1)c1cc2c(s1)-c1ccccc1N(C(=O)c1ccc(NC(=O)c3ccccc3-c3ccc(F)cc3)cc1)CC2. The highest BCUT2D eigenvalue weighted by atomic mass is 32.1. The van der Waals surface area contributed by atoms with Gasteiger partial charge >= 0.3 is 0 Å². The van der Waals surface area contributed by atoms with Crippen molar-refractivity contribution in [2.24, 2.45) is 0 Å². The molecule has 2 aliphatic rings. The number of rotatable bonds is 6. The van der Waals surface area contributed by atoms with Crippen LogP contribution >= 0.6 is 11.3 Å². The number of hydrogen-bond acceptors (Lipinski definition) is 4. The van der Waals surface area contributed by atoms with E-state index in [4.69, 9.17) is 0 Å². The molecule has 1 fully saturated rings. The largest absolute Gasteiger partial charge is 0.349 e. The third-order valence-corrected chi connectivity index (χ3v) is 9.16. The maximum Gasteiger partial charge on any atom is 0.261 e. The third-order valence-electron chi connectivity index (χ3n) is 7.95. The molecule has 218 valence electrons. The van der Waals surface area contributed by atoms with Gasteiger partial charge in [-0.15, -0.1) is 11.3 Å². The number of carbonyl (C=O) groups is 3. The Labute approximate surface area is 258 Å². The van der Waals surface area contributed by atoms with E-state index in [1.165, 1.54) is 23.5 Å². The van der Waals surface area contributed by atoms with Gasteiger partial charge in [0.05, 0.1) is 10.6 Å². The Bertz CT molecular complexity index is 1900. The summed E-state index contributed by atoms with van der Waals surface area (Å²) in [6, 6.07) is 30.1. The Balaban J connectivity index is 1.09. The van der Waals surface area contributed by atoms with Crippen molar-refractivity contribution in [1.29, 1.82) is 0 Å². The average Bonchev–Trinajstić information content (AvgIpc) is 3.79. The summed E-state index contributed by atoms with van der Waals surface area (Å²) in [5, 5.41) is 5.99. The molecular weight excluding hydrogens is 573 g/mol. The molecule has 2 N–H and O–H groups in total. The van der Waals surface area contributed by atoms with E-state index >= 15 is 0 Å².